The van der Waals surface area contributed by atoms with Gasteiger partial charge in [-0.1, -0.05) is 55.5 Å². The minimum Gasteiger partial charge on any atom is -0.481 e. The first-order valence-corrected chi connectivity index (χ1v) is 12.4. The Hall–Kier alpha value is -3.72. The van der Waals surface area contributed by atoms with Crippen LogP contribution in [-0.4, -0.2) is 52.7 Å². The standard InChI is InChI=1S/C26H25N3O5S/c1-15-11-29(12-21(15)24(31)32)23(30)10-16-14-35-25(27-16)28-26(33)34-13-22-19-8-4-2-6-17(19)18-7-3-5-9-20(18)22/h2-9,14-15,21-22H,10-13H2,1H3,(H,31,32)(H,27,28,33)/t15-,21-/m1/s1. The van der Waals surface area contributed by atoms with Gasteiger partial charge in [-0.05, 0) is 28.2 Å². The van der Waals surface area contributed by atoms with Gasteiger partial charge in [0.1, 0.15) is 6.61 Å². The highest BCUT2D eigenvalue weighted by molar-refractivity contribution is 7.13. The van der Waals surface area contributed by atoms with E-state index in [0.717, 1.165) is 22.3 Å². The molecule has 0 unspecified atom stereocenters. The Kier molecular flexibility index (Phi) is 6.25. The van der Waals surface area contributed by atoms with E-state index in [2.05, 4.69) is 34.6 Å². The predicted molar refractivity (Wildman–Crippen MR) is 131 cm³/mol. The van der Waals surface area contributed by atoms with E-state index in [4.69, 9.17) is 4.74 Å². The smallest absolute Gasteiger partial charge is 0.413 e. The quantitative estimate of drug-likeness (QED) is 0.534. The fourth-order valence-corrected chi connectivity index (χ4v) is 5.62. The van der Waals surface area contributed by atoms with Crippen LogP contribution < -0.4 is 5.32 Å². The van der Waals surface area contributed by atoms with Crippen molar-refractivity contribution in [3.8, 4) is 11.1 Å². The summed E-state index contributed by atoms with van der Waals surface area (Å²) < 4.78 is 5.55. The van der Waals surface area contributed by atoms with E-state index in [0.29, 0.717) is 17.4 Å². The van der Waals surface area contributed by atoms with Crippen molar-refractivity contribution in [2.24, 2.45) is 11.8 Å². The number of carboxylic acids is 1. The van der Waals surface area contributed by atoms with Gasteiger partial charge in [0.05, 0.1) is 18.0 Å². The van der Waals surface area contributed by atoms with Crippen LogP contribution >= 0.6 is 11.3 Å². The van der Waals surface area contributed by atoms with Gasteiger partial charge in [0.25, 0.3) is 0 Å². The lowest BCUT2D eigenvalue weighted by Crippen LogP contribution is -2.31. The van der Waals surface area contributed by atoms with Gasteiger partial charge < -0.3 is 14.7 Å². The topological polar surface area (TPSA) is 109 Å². The normalized spacial score (nSPS) is 18.7. The van der Waals surface area contributed by atoms with E-state index in [1.807, 2.05) is 31.2 Å². The Bertz CT molecular complexity index is 1240. The van der Waals surface area contributed by atoms with E-state index >= 15 is 0 Å². The summed E-state index contributed by atoms with van der Waals surface area (Å²) in [5.41, 5.74) is 5.12. The van der Waals surface area contributed by atoms with Crippen LogP contribution in [0.15, 0.2) is 53.9 Å². The number of likely N-dealkylation sites (tertiary alicyclic amines) is 1. The van der Waals surface area contributed by atoms with Crippen molar-refractivity contribution in [1.29, 1.82) is 0 Å². The van der Waals surface area contributed by atoms with Crippen LogP contribution in [0, 0.1) is 11.8 Å². The second-order valence-corrected chi connectivity index (χ2v) is 9.85. The van der Waals surface area contributed by atoms with E-state index in [9.17, 15) is 19.5 Å². The molecule has 0 spiro atoms. The van der Waals surface area contributed by atoms with Crippen LogP contribution in [0.4, 0.5) is 9.93 Å². The molecule has 180 valence electrons. The lowest BCUT2D eigenvalue weighted by molar-refractivity contribution is -0.142. The van der Waals surface area contributed by atoms with Gasteiger partial charge in [-0.2, -0.15) is 0 Å². The largest absolute Gasteiger partial charge is 0.481 e. The van der Waals surface area contributed by atoms with Crippen molar-refractivity contribution in [3.05, 3.63) is 70.7 Å². The molecule has 2 aromatic carbocycles. The molecule has 2 amide bonds. The number of carboxylic acid groups (broad SMARTS) is 1. The molecule has 2 N–H and O–H groups in total. The van der Waals surface area contributed by atoms with Crippen molar-refractivity contribution in [2.75, 3.05) is 25.0 Å². The third-order valence-corrected chi connectivity index (χ3v) is 7.53. The number of anilines is 1. The zero-order chi connectivity index (χ0) is 24.5. The number of rotatable bonds is 6. The number of carbonyl (C=O) groups excluding carboxylic acids is 2. The number of aliphatic carboxylic acids is 1. The SMILES string of the molecule is C[C@@H]1CN(C(=O)Cc2csc(NC(=O)OCC3c4ccccc4-c4ccccc43)n2)C[C@H]1C(=O)O. The van der Waals surface area contributed by atoms with Gasteiger partial charge >= 0.3 is 12.1 Å². The summed E-state index contributed by atoms with van der Waals surface area (Å²) >= 11 is 1.22. The molecule has 8 nitrogen and oxygen atoms in total. The zero-order valence-electron chi connectivity index (χ0n) is 19.1. The molecule has 0 bridgehead atoms. The number of hydrogen-bond donors (Lipinski definition) is 2. The average molecular weight is 492 g/mol. The van der Waals surface area contributed by atoms with Crippen molar-refractivity contribution in [2.45, 2.75) is 19.3 Å². The fourth-order valence-electron chi connectivity index (χ4n) is 4.93. The minimum atomic E-state index is -0.879. The third-order valence-electron chi connectivity index (χ3n) is 6.72. The summed E-state index contributed by atoms with van der Waals surface area (Å²) in [4.78, 5) is 42.3. The minimum absolute atomic E-state index is 0.0323. The molecule has 1 fully saturated rings. The molecule has 9 heteroatoms. The number of ether oxygens (including phenoxy) is 1. The number of hydrogen-bond acceptors (Lipinski definition) is 6. The number of nitrogens with one attached hydrogen (secondary N) is 1. The highest BCUT2D eigenvalue weighted by Crippen LogP contribution is 2.44. The van der Waals surface area contributed by atoms with E-state index in [-0.39, 0.29) is 37.3 Å². The van der Waals surface area contributed by atoms with Crippen molar-refractivity contribution in [1.82, 2.24) is 9.88 Å². The summed E-state index contributed by atoms with van der Waals surface area (Å²) in [6.07, 6.45) is -0.543. The molecule has 0 radical (unpaired) electrons. The van der Waals surface area contributed by atoms with E-state index in [1.165, 1.54) is 11.3 Å². The number of benzene rings is 2. The molecule has 0 saturated carbocycles. The molecule has 2 aliphatic rings. The maximum Gasteiger partial charge on any atom is 0.413 e. The van der Waals surface area contributed by atoms with Gasteiger partial charge in [-0.15, -0.1) is 11.3 Å². The maximum absolute atomic E-state index is 12.6. The summed E-state index contributed by atoms with van der Waals surface area (Å²) in [5.74, 6) is -1.71. The number of amides is 2. The van der Waals surface area contributed by atoms with Gasteiger partial charge in [-0.3, -0.25) is 14.9 Å². The Morgan fingerprint density at radius 2 is 1.74 bits per heavy atom. The van der Waals surface area contributed by atoms with Gasteiger partial charge in [-0.25, -0.2) is 9.78 Å². The number of thiazole rings is 1. The molecule has 5 rings (SSSR count). The number of fused-ring (bicyclic) bond motifs is 3. The number of carbonyl (C=O) groups is 3. The highest BCUT2D eigenvalue weighted by Gasteiger charge is 2.37. The van der Waals surface area contributed by atoms with Crippen molar-refractivity contribution in [3.63, 3.8) is 0 Å². The van der Waals surface area contributed by atoms with Gasteiger partial charge in [0.2, 0.25) is 5.91 Å². The molecule has 1 aromatic heterocycles. The highest BCUT2D eigenvalue weighted by atomic mass is 32.1. The fraction of sp³-hybridized carbons (Fsp3) is 0.308. The lowest BCUT2D eigenvalue weighted by Gasteiger charge is -2.15. The van der Waals surface area contributed by atoms with Crippen LogP contribution in [-0.2, 0) is 20.7 Å². The zero-order valence-corrected chi connectivity index (χ0v) is 20.0. The Balaban J connectivity index is 1.16. The summed E-state index contributed by atoms with van der Waals surface area (Å²) in [6, 6.07) is 16.3. The van der Waals surface area contributed by atoms with Crippen LogP contribution in [0.5, 0.6) is 0 Å². The van der Waals surface area contributed by atoms with Gasteiger partial charge in [0, 0.05) is 24.4 Å². The number of aromatic nitrogens is 1. The molecule has 2 atom stereocenters. The van der Waals surface area contributed by atoms with Crippen LogP contribution in [0.3, 0.4) is 0 Å². The lowest BCUT2D eigenvalue weighted by atomic mass is 9.98. The summed E-state index contributed by atoms with van der Waals surface area (Å²) in [6.45, 7) is 2.68. The molecule has 1 aliphatic carbocycles. The monoisotopic (exact) mass is 491 g/mol. The first kappa shape index (κ1) is 23.0. The first-order valence-electron chi connectivity index (χ1n) is 11.5. The molecular weight excluding hydrogens is 466 g/mol. The molecule has 35 heavy (non-hydrogen) atoms. The molecule has 1 saturated heterocycles. The summed E-state index contributed by atoms with van der Waals surface area (Å²) in [7, 11) is 0. The molecular formula is C26H25N3O5S. The Morgan fingerprint density at radius 1 is 1.09 bits per heavy atom. The third kappa shape index (κ3) is 4.64. The van der Waals surface area contributed by atoms with Crippen LogP contribution in [0.25, 0.3) is 11.1 Å². The van der Waals surface area contributed by atoms with Gasteiger partial charge in [0.15, 0.2) is 5.13 Å². The van der Waals surface area contributed by atoms with Crippen molar-refractivity contribution < 1.29 is 24.2 Å². The molecule has 1 aliphatic heterocycles. The summed E-state index contributed by atoms with van der Waals surface area (Å²) in [5, 5.41) is 14.0. The van der Waals surface area contributed by atoms with Crippen LogP contribution in [0.1, 0.15) is 29.7 Å². The Labute approximate surface area is 206 Å². The van der Waals surface area contributed by atoms with Crippen LogP contribution in [0.2, 0.25) is 0 Å². The Morgan fingerprint density at radius 3 is 2.37 bits per heavy atom. The second-order valence-electron chi connectivity index (χ2n) is 8.99. The predicted octanol–water partition coefficient (Wildman–Crippen LogP) is 4.23. The molecule has 2 heterocycles. The van der Waals surface area contributed by atoms with E-state index in [1.54, 1.807) is 10.3 Å². The number of nitrogens with zero attached hydrogens (tertiary/aromatic N) is 2. The first-order chi connectivity index (χ1) is 16.9. The molecule has 3 aromatic rings. The van der Waals surface area contributed by atoms with E-state index < -0.39 is 18.0 Å². The average Bonchev–Trinajstić information content (AvgIpc) is 3.53. The maximum atomic E-state index is 12.6. The van der Waals surface area contributed by atoms with Crippen molar-refractivity contribution >= 4 is 34.4 Å². The second kappa shape index (κ2) is 9.50.